The van der Waals surface area contributed by atoms with Gasteiger partial charge < -0.3 is 5.32 Å². The maximum Gasteiger partial charge on any atom is 0.242 e. The Bertz CT molecular complexity index is 678. The molecule has 0 atom stereocenters. The van der Waals surface area contributed by atoms with Crippen LogP contribution in [0.4, 0.5) is 5.69 Å². The molecule has 0 radical (unpaired) electrons. The normalized spacial score (nSPS) is 11.5. The lowest BCUT2D eigenvalue weighted by atomic mass is 10.2. The topological polar surface area (TPSA) is 58.2 Å². The molecule has 4 nitrogen and oxygen atoms in total. The molecule has 20 heavy (non-hydrogen) atoms. The zero-order chi connectivity index (χ0) is 14.6. The molecule has 0 fully saturated rings. The highest BCUT2D eigenvalue weighted by atomic mass is 32.2. The van der Waals surface area contributed by atoms with Crippen molar-refractivity contribution >= 4 is 27.0 Å². The minimum absolute atomic E-state index is 0.287. The van der Waals surface area contributed by atoms with Crippen LogP contribution in [0.15, 0.2) is 39.9 Å². The second-order valence-electron chi connectivity index (χ2n) is 4.43. The van der Waals surface area contributed by atoms with Crippen molar-refractivity contribution in [2.45, 2.75) is 25.3 Å². The van der Waals surface area contributed by atoms with Gasteiger partial charge in [0, 0.05) is 13.1 Å². The van der Waals surface area contributed by atoms with Gasteiger partial charge in [0.2, 0.25) is 10.0 Å². The SMILES string of the molecule is CCNc1ccccc1S(=O)(=O)NCc1cscc1C. The first-order chi connectivity index (χ1) is 9.54. The maximum absolute atomic E-state index is 12.4. The van der Waals surface area contributed by atoms with Gasteiger partial charge in [0.05, 0.1) is 5.69 Å². The molecule has 0 bridgehead atoms. The fraction of sp³-hybridized carbons (Fsp3) is 0.286. The summed E-state index contributed by atoms with van der Waals surface area (Å²) in [7, 11) is -3.51. The lowest BCUT2D eigenvalue weighted by Gasteiger charge is -2.12. The van der Waals surface area contributed by atoms with Gasteiger partial charge >= 0.3 is 0 Å². The van der Waals surface area contributed by atoms with E-state index in [0.29, 0.717) is 18.8 Å². The molecule has 1 aromatic heterocycles. The molecule has 0 aliphatic heterocycles. The van der Waals surface area contributed by atoms with Crippen molar-refractivity contribution in [3.8, 4) is 0 Å². The molecule has 0 aliphatic rings. The Labute approximate surface area is 123 Å². The third-order valence-electron chi connectivity index (χ3n) is 2.96. The van der Waals surface area contributed by atoms with Crippen molar-refractivity contribution in [2.24, 2.45) is 0 Å². The van der Waals surface area contributed by atoms with Crippen molar-refractivity contribution in [2.75, 3.05) is 11.9 Å². The van der Waals surface area contributed by atoms with Crippen molar-refractivity contribution < 1.29 is 8.42 Å². The molecule has 0 saturated heterocycles. The van der Waals surface area contributed by atoms with Crippen molar-refractivity contribution in [3.05, 3.63) is 46.2 Å². The molecule has 0 amide bonds. The van der Waals surface area contributed by atoms with Crippen LogP contribution in [-0.2, 0) is 16.6 Å². The van der Waals surface area contributed by atoms with Crippen LogP contribution in [0.2, 0.25) is 0 Å². The molecule has 6 heteroatoms. The average molecular weight is 310 g/mol. The highest BCUT2D eigenvalue weighted by molar-refractivity contribution is 7.89. The van der Waals surface area contributed by atoms with Crippen molar-refractivity contribution in [3.63, 3.8) is 0 Å². The van der Waals surface area contributed by atoms with E-state index in [2.05, 4.69) is 10.0 Å². The Balaban J connectivity index is 2.20. The Morgan fingerprint density at radius 3 is 2.60 bits per heavy atom. The summed E-state index contributed by atoms with van der Waals surface area (Å²) in [6, 6.07) is 6.93. The van der Waals surface area contributed by atoms with Crippen molar-refractivity contribution in [1.29, 1.82) is 0 Å². The summed E-state index contributed by atoms with van der Waals surface area (Å²) in [5, 5.41) is 7.05. The van der Waals surface area contributed by atoms with Gasteiger partial charge in [-0.25, -0.2) is 13.1 Å². The predicted molar refractivity (Wildman–Crippen MR) is 83.7 cm³/mol. The number of hydrogen-bond acceptors (Lipinski definition) is 4. The minimum atomic E-state index is -3.51. The van der Waals surface area contributed by atoms with Crippen LogP contribution < -0.4 is 10.0 Å². The number of nitrogens with one attached hydrogen (secondary N) is 2. The molecule has 0 saturated carbocycles. The zero-order valence-corrected chi connectivity index (χ0v) is 13.1. The van der Waals surface area contributed by atoms with Crippen molar-refractivity contribution in [1.82, 2.24) is 4.72 Å². The number of hydrogen-bond donors (Lipinski definition) is 2. The van der Waals surface area contributed by atoms with E-state index in [-0.39, 0.29) is 4.90 Å². The van der Waals surface area contributed by atoms with Gasteiger partial charge in [-0.15, -0.1) is 0 Å². The monoisotopic (exact) mass is 310 g/mol. The van der Waals surface area contributed by atoms with E-state index in [1.165, 1.54) is 0 Å². The van der Waals surface area contributed by atoms with Crippen LogP contribution in [0.3, 0.4) is 0 Å². The smallest absolute Gasteiger partial charge is 0.242 e. The van der Waals surface area contributed by atoms with E-state index in [1.807, 2.05) is 30.7 Å². The van der Waals surface area contributed by atoms with Gasteiger partial charge in [0.15, 0.2) is 0 Å². The van der Waals surface area contributed by atoms with Gasteiger partial charge in [-0.3, -0.25) is 0 Å². The first kappa shape index (κ1) is 15.0. The number of thiophene rings is 1. The van der Waals surface area contributed by atoms with Gasteiger partial charge in [0.25, 0.3) is 0 Å². The van der Waals surface area contributed by atoms with E-state index in [0.717, 1.165) is 11.1 Å². The van der Waals surface area contributed by atoms with Gasteiger partial charge in [-0.1, -0.05) is 12.1 Å². The number of sulfonamides is 1. The fourth-order valence-corrected chi connectivity index (χ4v) is 3.90. The molecule has 2 rings (SSSR count). The third-order valence-corrected chi connectivity index (χ3v) is 5.33. The van der Waals surface area contributed by atoms with Crippen LogP contribution in [0.1, 0.15) is 18.1 Å². The lowest BCUT2D eigenvalue weighted by Crippen LogP contribution is -2.24. The highest BCUT2D eigenvalue weighted by Gasteiger charge is 2.17. The van der Waals surface area contributed by atoms with Crippen LogP contribution in [-0.4, -0.2) is 15.0 Å². The minimum Gasteiger partial charge on any atom is -0.384 e. The molecule has 2 aromatic rings. The van der Waals surface area contributed by atoms with E-state index >= 15 is 0 Å². The average Bonchev–Trinajstić information content (AvgIpc) is 2.83. The summed E-state index contributed by atoms with van der Waals surface area (Å²) in [5.41, 5.74) is 2.75. The first-order valence-electron chi connectivity index (χ1n) is 6.39. The molecule has 1 heterocycles. The second-order valence-corrected chi connectivity index (χ2v) is 6.91. The fourth-order valence-electron chi connectivity index (χ4n) is 1.86. The summed E-state index contributed by atoms with van der Waals surface area (Å²) in [5.74, 6) is 0. The number of benzene rings is 1. The lowest BCUT2D eigenvalue weighted by molar-refractivity contribution is 0.581. The maximum atomic E-state index is 12.4. The summed E-state index contributed by atoms with van der Waals surface area (Å²) < 4.78 is 27.4. The van der Waals surface area contributed by atoms with E-state index in [4.69, 9.17) is 0 Å². The third kappa shape index (κ3) is 3.39. The Morgan fingerprint density at radius 2 is 1.95 bits per heavy atom. The number of anilines is 1. The number of para-hydroxylation sites is 1. The summed E-state index contributed by atoms with van der Waals surface area (Å²) >= 11 is 1.58. The zero-order valence-electron chi connectivity index (χ0n) is 11.5. The summed E-state index contributed by atoms with van der Waals surface area (Å²) in [6.45, 7) is 4.91. The second kappa shape index (κ2) is 6.39. The van der Waals surface area contributed by atoms with Crippen LogP contribution in [0, 0.1) is 6.92 Å². The first-order valence-corrected chi connectivity index (χ1v) is 8.81. The molecule has 0 spiro atoms. The van der Waals surface area contributed by atoms with Gasteiger partial charge in [-0.2, -0.15) is 11.3 Å². The molecule has 1 aromatic carbocycles. The molecule has 2 N–H and O–H groups in total. The molecule has 0 unspecified atom stereocenters. The van der Waals surface area contributed by atoms with E-state index < -0.39 is 10.0 Å². The Morgan fingerprint density at radius 1 is 1.20 bits per heavy atom. The quantitative estimate of drug-likeness (QED) is 0.862. The molecular weight excluding hydrogens is 292 g/mol. The number of rotatable bonds is 6. The molecular formula is C14H18N2O2S2. The Hall–Kier alpha value is -1.37. The summed E-state index contributed by atoms with van der Waals surface area (Å²) in [6.07, 6.45) is 0. The largest absolute Gasteiger partial charge is 0.384 e. The predicted octanol–water partition coefficient (Wildman–Crippen LogP) is 2.97. The highest BCUT2D eigenvalue weighted by Crippen LogP contribution is 2.21. The van der Waals surface area contributed by atoms with Crippen LogP contribution >= 0.6 is 11.3 Å². The van der Waals surface area contributed by atoms with Gasteiger partial charge in [0.1, 0.15) is 4.90 Å². The molecule has 0 aliphatic carbocycles. The van der Waals surface area contributed by atoms with E-state index in [9.17, 15) is 8.42 Å². The number of aryl methyl sites for hydroxylation is 1. The van der Waals surface area contributed by atoms with E-state index in [1.54, 1.807) is 29.5 Å². The van der Waals surface area contributed by atoms with Gasteiger partial charge in [-0.05, 0) is 47.9 Å². The Kier molecular flexibility index (Phi) is 4.80. The van der Waals surface area contributed by atoms with Crippen LogP contribution in [0.25, 0.3) is 0 Å². The summed E-state index contributed by atoms with van der Waals surface area (Å²) in [4.78, 5) is 0.287. The molecule has 108 valence electrons. The van der Waals surface area contributed by atoms with Crippen LogP contribution in [0.5, 0.6) is 0 Å². The standard InChI is InChI=1S/C14H18N2O2S2/c1-3-15-13-6-4-5-7-14(13)20(17,18)16-8-12-10-19-9-11(12)2/h4-7,9-10,15-16H,3,8H2,1-2H3.